The van der Waals surface area contributed by atoms with Crippen LogP contribution in [0.5, 0.6) is 0 Å². The van der Waals surface area contributed by atoms with Gasteiger partial charge in [-0.15, -0.1) is 0 Å². The van der Waals surface area contributed by atoms with E-state index in [1.165, 1.54) is 11.1 Å². The molecule has 2 aromatic heterocycles. The Labute approximate surface area is 141 Å². The summed E-state index contributed by atoms with van der Waals surface area (Å²) in [6, 6.07) is 14.2. The van der Waals surface area contributed by atoms with Crippen molar-refractivity contribution < 1.29 is 4.79 Å². The van der Waals surface area contributed by atoms with E-state index in [2.05, 4.69) is 23.3 Å². The Morgan fingerprint density at radius 2 is 1.88 bits per heavy atom. The van der Waals surface area contributed by atoms with Crippen LogP contribution in [0, 0.1) is 0 Å². The number of hydrogen-bond donors (Lipinski definition) is 0. The highest BCUT2D eigenvalue weighted by atomic mass is 16.2. The zero-order chi connectivity index (χ0) is 16.7. The van der Waals surface area contributed by atoms with Crippen LogP contribution in [-0.2, 0) is 27.1 Å². The number of fused-ring (bicyclic) bond motifs is 1. The Morgan fingerprint density at radius 3 is 2.62 bits per heavy atom. The molecule has 1 aliphatic heterocycles. The summed E-state index contributed by atoms with van der Waals surface area (Å²) in [5, 5.41) is 4.52. The van der Waals surface area contributed by atoms with Gasteiger partial charge in [-0.05, 0) is 35.7 Å². The van der Waals surface area contributed by atoms with Crippen LogP contribution >= 0.6 is 0 Å². The summed E-state index contributed by atoms with van der Waals surface area (Å²) in [6.45, 7) is 1.42. The van der Waals surface area contributed by atoms with Gasteiger partial charge >= 0.3 is 0 Å². The lowest BCUT2D eigenvalue weighted by atomic mass is 10.00. The van der Waals surface area contributed by atoms with E-state index in [0.29, 0.717) is 12.2 Å². The molecule has 5 nitrogen and oxygen atoms in total. The molecule has 0 fully saturated rings. The van der Waals surface area contributed by atoms with Crippen molar-refractivity contribution >= 4 is 5.91 Å². The Balaban J connectivity index is 1.62. The smallest absolute Gasteiger partial charge is 0.272 e. The third kappa shape index (κ3) is 2.42. The number of carbonyl (C=O) groups excluding carboxylic acids is 1. The molecule has 3 aromatic rings. The minimum Gasteiger partial charge on any atom is -0.349 e. The first kappa shape index (κ1) is 14.8. The van der Waals surface area contributed by atoms with Gasteiger partial charge in [0.1, 0.15) is 11.4 Å². The van der Waals surface area contributed by atoms with Gasteiger partial charge in [-0.2, -0.15) is 5.10 Å². The van der Waals surface area contributed by atoms with Gasteiger partial charge in [0.25, 0.3) is 5.91 Å². The molecule has 5 heteroatoms. The fraction of sp³-hybridized carbons (Fsp3) is 0.263. The average molecular weight is 320 g/mol. The molecule has 0 aliphatic carbocycles. The van der Waals surface area contributed by atoms with E-state index in [0.717, 1.165) is 24.4 Å². The second-order valence-electron chi connectivity index (χ2n) is 6.29. The Bertz CT molecular complexity index is 906. The number of hydrogen-bond acceptors (Lipinski definition) is 2. The average Bonchev–Trinajstić information content (AvgIpc) is 3.19. The largest absolute Gasteiger partial charge is 0.349 e. The van der Waals surface area contributed by atoms with Crippen molar-refractivity contribution in [3.8, 4) is 11.4 Å². The molecule has 0 atom stereocenters. The molecule has 0 spiro atoms. The van der Waals surface area contributed by atoms with E-state index < -0.39 is 0 Å². The van der Waals surface area contributed by atoms with Crippen LogP contribution in [-0.4, -0.2) is 31.7 Å². The molecule has 1 aromatic carbocycles. The lowest BCUT2D eigenvalue weighted by Crippen LogP contribution is -2.36. The van der Waals surface area contributed by atoms with Gasteiger partial charge in [0.15, 0.2) is 0 Å². The summed E-state index contributed by atoms with van der Waals surface area (Å²) in [7, 11) is 3.81. The molecule has 0 bridgehead atoms. The summed E-state index contributed by atoms with van der Waals surface area (Å²) < 4.78 is 3.69. The monoisotopic (exact) mass is 320 g/mol. The molecular formula is C19H20N4O. The van der Waals surface area contributed by atoms with Gasteiger partial charge < -0.3 is 9.47 Å². The predicted molar refractivity (Wildman–Crippen MR) is 92.5 cm³/mol. The number of amides is 1. The molecule has 4 rings (SSSR count). The van der Waals surface area contributed by atoms with Crippen molar-refractivity contribution in [1.29, 1.82) is 0 Å². The highest BCUT2D eigenvalue weighted by molar-refractivity contribution is 5.93. The van der Waals surface area contributed by atoms with Crippen molar-refractivity contribution in [2.24, 2.45) is 14.1 Å². The second kappa shape index (κ2) is 5.67. The van der Waals surface area contributed by atoms with E-state index in [-0.39, 0.29) is 5.91 Å². The molecule has 0 unspecified atom stereocenters. The van der Waals surface area contributed by atoms with Crippen LogP contribution in [0.25, 0.3) is 11.4 Å². The van der Waals surface area contributed by atoms with Crippen LogP contribution < -0.4 is 0 Å². The van der Waals surface area contributed by atoms with Crippen LogP contribution in [0.15, 0.2) is 48.7 Å². The molecule has 1 aliphatic rings. The van der Waals surface area contributed by atoms with Crippen molar-refractivity contribution in [1.82, 2.24) is 19.2 Å². The number of aromatic nitrogens is 3. The fourth-order valence-electron chi connectivity index (χ4n) is 3.35. The van der Waals surface area contributed by atoms with E-state index in [1.807, 2.05) is 54.0 Å². The lowest BCUT2D eigenvalue weighted by molar-refractivity contribution is 0.0723. The molecule has 0 radical (unpaired) electrons. The molecule has 0 saturated carbocycles. The number of nitrogens with zero attached hydrogens (tertiary/aromatic N) is 4. The van der Waals surface area contributed by atoms with Crippen molar-refractivity contribution in [2.75, 3.05) is 6.54 Å². The van der Waals surface area contributed by atoms with Crippen molar-refractivity contribution in [2.45, 2.75) is 13.0 Å². The summed E-state index contributed by atoms with van der Waals surface area (Å²) >= 11 is 0. The topological polar surface area (TPSA) is 43.1 Å². The SMILES string of the molecule is Cn1cccc1-c1cc(C(=O)N2CCc3ccccc3C2)n(C)n1. The maximum atomic E-state index is 13.0. The maximum absolute atomic E-state index is 13.0. The number of benzene rings is 1. The Hall–Kier alpha value is -2.82. The maximum Gasteiger partial charge on any atom is 0.272 e. The summed E-state index contributed by atoms with van der Waals surface area (Å²) in [6.07, 6.45) is 2.89. The van der Waals surface area contributed by atoms with Crippen LogP contribution in [0.1, 0.15) is 21.6 Å². The normalized spacial score (nSPS) is 13.8. The van der Waals surface area contributed by atoms with E-state index >= 15 is 0 Å². The number of carbonyl (C=O) groups is 1. The zero-order valence-electron chi connectivity index (χ0n) is 13.9. The standard InChI is InChI=1S/C19H20N4O/c1-21-10-5-8-17(21)16-12-18(22(2)20-16)19(24)23-11-9-14-6-3-4-7-15(14)13-23/h3-8,10,12H,9,11,13H2,1-2H3. The third-order valence-electron chi connectivity index (χ3n) is 4.72. The molecular weight excluding hydrogens is 300 g/mol. The minimum atomic E-state index is 0.0416. The molecule has 122 valence electrons. The Kier molecular flexibility index (Phi) is 3.49. The fourth-order valence-corrected chi connectivity index (χ4v) is 3.35. The number of aryl methyl sites for hydroxylation is 2. The molecule has 3 heterocycles. The number of rotatable bonds is 2. The first-order valence-corrected chi connectivity index (χ1v) is 8.15. The van der Waals surface area contributed by atoms with Crippen LogP contribution in [0.4, 0.5) is 0 Å². The van der Waals surface area contributed by atoms with Gasteiger partial charge in [0.05, 0.1) is 5.69 Å². The van der Waals surface area contributed by atoms with Gasteiger partial charge in [-0.1, -0.05) is 24.3 Å². The summed E-state index contributed by atoms with van der Waals surface area (Å²) in [4.78, 5) is 14.9. The minimum absolute atomic E-state index is 0.0416. The van der Waals surface area contributed by atoms with Gasteiger partial charge in [0, 0.05) is 33.4 Å². The third-order valence-corrected chi connectivity index (χ3v) is 4.72. The van der Waals surface area contributed by atoms with Crippen LogP contribution in [0.3, 0.4) is 0 Å². The quantitative estimate of drug-likeness (QED) is 0.728. The van der Waals surface area contributed by atoms with Crippen molar-refractivity contribution in [3.05, 3.63) is 65.5 Å². The zero-order valence-corrected chi connectivity index (χ0v) is 13.9. The van der Waals surface area contributed by atoms with Gasteiger partial charge in [-0.3, -0.25) is 9.48 Å². The van der Waals surface area contributed by atoms with Gasteiger partial charge in [-0.25, -0.2) is 0 Å². The van der Waals surface area contributed by atoms with E-state index in [1.54, 1.807) is 4.68 Å². The molecule has 1 amide bonds. The highest BCUT2D eigenvalue weighted by Gasteiger charge is 2.24. The highest BCUT2D eigenvalue weighted by Crippen LogP contribution is 2.23. The van der Waals surface area contributed by atoms with Crippen LogP contribution in [0.2, 0.25) is 0 Å². The molecule has 0 saturated heterocycles. The molecule has 0 N–H and O–H groups in total. The second-order valence-corrected chi connectivity index (χ2v) is 6.29. The van der Waals surface area contributed by atoms with E-state index in [9.17, 15) is 4.79 Å². The summed E-state index contributed by atoms with van der Waals surface area (Å²) in [5.41, 5.74) is 5.04. The lowest BCUT2D eigenvalue weighted by Gasteiger charge is -2.28. The first-order chi connectivity index (χ1) is 11.6. The van der Waals surface area contributed by atoms with Crippen molar-refractivity contribution in [3.63, 3.8) is 0 Å². The van der Waals surface area contributed by atoms with E-state index in [4.69, 9.17) is 0 Å². The predicted octanol–water partition coefficient (Wildman–Crippen LogP) is 2.62. The Morgan fingerprint density at radius 1 is 1.08 bits per heavy atom. The molecule has 24 heavy (non-hydrogen) atoms. The first-order valence-electron chi connectivity index (χ1n) is 8.15. The van der Waals surface area contributed by atoms with Gasteiger partial charge in [0.2, 0.25) is 0 Å². The summed E-state index contributed by atoms with van der Waals surface area (Å²) in [5.74, 6) is 0.0416.